The number of fused-ring (bicyclic) bond motifs is 1. The van der Waals surface area contributed by atoms with E-state index >= 15 is 0 Å². The Labute approximate surface area is 157 Å². The Morgan fingerprint density at radius 2 is 2.00 bits per heavy atom. The Morgan fingerprint density at radius 1 is 1.22 bits per heavy atom. The van der Waals surface area contributed by atoms with Crippen molar-refractivity contribution in [1.82, 2.24) is 9.29 Å². The monoisotopic (exact) mass is 388 g/mol. The number of rotatable bonds is 4. The Hall–Kier alpha value is -2.65. The van der Waals surface area contributed by atoms with Gasteiger partial charge in [-0.3, -0.25) is 4.79 Å². The van der Waals surface area contributed by atoms with Crippen molar-refractivity contribution in [3.05, 3.63) is 36.5 Å². The molecule has 3 heterocycles. The van der Waals surface area contributed by atoms with Crippen molar-refractivity contribution >= 4 is 33.1 Å². The molecule has 1 saturated heterocycles. The van der Waals surface area contributed by atoms with Gasteiger partial charge in [0, 0.05) is 25.0 Å². The van der Waals surface area contributed by atoms with Crippen LogP contribution in [0.5, 0.6) is 5.75 Å². The number of nitrogens with zero attached hydrogens (tertiary/aromatic N) is 2. The van der Waals surface area contributed by atoms with E-state index in [1.165, 1.54) is 10.5 Å². The van der Waals surface area contributed by atoms with Crippen LogP contribution >= 0.6 is 0 Å². The third-order valence-corrected chi connectivity index (χ3v) is 6.50. The van der Waals surface area contributed by atoms with Gasteiger partial charge in [-0.15, -0.1) is 0 Å². The van der Waals surface area contributed by atoms with E-state index < -0.39 is 16.1 Å². The number of carbonyl (C=O) groups is 1. The Balaban J connectivity index is 1.51. The van der Waals surface area contributed by atoms with Gasteiger partial charge >= 0.3 is 0 Å². The smallest absolute Gasteiger partial charge is 0.265 e. The maximum Gasteiger partial charge on any atom is 0.265 e. The second-order valence-electron chi connectivity index (χ2n) is 6.58. The summed E-state index contributed by atoms with van der Waals surface area (Å²) in [6, 6.07) is 8.49. The van der Waals surface area contributed by atoms with E-state index in [1.807, 2.05) is 0 Å². The molecule has 2 N–H and O–H groups in total. The van der Waals surface area contributed by atoms with Crippen LogP contribution in [-0.2, 0) is 14.8 Å². The lowest BCUT2D eigenvalue weighted by atomic mass is 10.2. The predicted octanol–water partition coefficient (Wildman–Crippen LogP) is 2.33. The van der Waals surface area contributed by atoms with Gasteiger partial charge in [0.05, 0.1) is 5.69 Å². The van der Waals surface area contributed by atoms with E-state index in [2.05, 4.69) is 15.6 Å². The van der Waals surface area contributed by atoms with E-state index in [4.69, 9.17) is 4.74 Å². The highest BCUT2D eigenvalue weighted by molar-refractivity contribution is 7.89. The number of amides is 1. The summed E-state index contributed by atoms with van der Waals surface area (Å²) in [7, 11) is -3.47. The summed E-state index contributed by atoms with van der Waals surface area (Å²) in [5.41, 5.74) is 1.28. The van der Waals surface area contributed by atoms with Gasteiger partial charge in [-0.2, -0.15) is 4.31 Å². The highest BCUT2D eigenvalue weighted by Gasteiger charge is 2.27. The molecule has 1 aromatic carbocycles. The number of anilines is 3. The molecule has 0 bridgehead atoms. The largest absolute Gasteiger partial charge is 0.479 e. The lowest BCUT2D eigenvalue weighted by molar-refractivity contribution is -0.122. The van der Waals surface area contributed by atoms with E-state index in [-0.39, 0.29) is 10.8 Å². The van der Waals surface area contributed by atoms with Crippen LogP contribution < -0.4 is 15.4 Å². The first-order chi connectivity index (χ1) is 12.9. The minimum Gasteiger partial charge on any atom is -0.479 e. The predicted molar refractivity (Wildman–Crippen MR) is 101 cm³/mol. The normalized spacial score (nSPS) is 19.9. The van der Waals surface area contributed by atoms with Crippen molar-refractivity contribution in [3.63, 3.8) is 0 Å². The molecule has 1 amide bonds. The van der Waals surface area contributed by atoms with Crippen LogP contribution in [0.4, 0.5) is 17.2 Å². The summed E-state index contributed by atoms with van der Waals surface area (Å²) in [5, 5.41) is 5.89. The summed E-state index contributed by atoms with van der Waals surface area (Å²) < 4.78 is 32.1. The number of aromatic nitrogens is 1. The van der Waals surface area contributed by atoms with Crippen LogP contribution in [0.3, 0.4) is 0 Å². The third-order valence-electron chi connectivity index (χ3n) is 4.62. The number of hydrogen-bond acceptors (Lipinski definition) is 6. The first-order valence-electron chi connectivity index (χ1n) is 8.78. The van der Waals surface area contributed by atoms with Gasteiger partial charge in [0.1, 0.15) is 16.5 Å². The number of ether oxygens (including phenoxy) is 1. The molecule has 0 aliphatic carbocycles. The van der Waals surface area contributed by atoms with Crippen LogP contribution in [0, 0.1) is 0 Å². The fourth-order valence-corrected chi connectivity index (χ4v) is 4.58. The molecule has 1 atom stereocenters. The minimum absolute atomic E-state index is 0.190. The molecule has 1 fully saturated rings. The van der Waals surface area contributed by atoms with Crippen LogP contribution in [0.15, 0.2) is 41.4 Å². The van der Waals surface area contributed by atoms with E-state index in [0.717, 1.165) is 12.8 Å². The standard InChI is InChI=1S/C18H20N4O4S/c1-12-18(23)21-15-10-13(4-6-16(15)26-12)20-17-7-5-14(11-19-17)27(24,25)22-8-2-3-9-22/h4-7,10-12H,2-3,8-9H2,1H3,(H,19,20)(H,21,23)/t12-/m0/s1. The zero-order chi connectivity index (χ0) is 19.0. The Kier molecular flexibility index (Phi) is 4.48. The van der Waals surface area contributed by atoms with Crippen molar-refractivity contribution in [2.24, 2.45) is 0 Å². The summed E-state index contributed by atoms with van der Waals surface area (Å²) in [4.78, 5) is 16.1. The van der Waals surface area contributed by atoms with E-state index in [0.29, 0.717) is 36.0 Å². The summed E-state index contributed by atoms with van der Waals surface area (Å²) in [6.45, 7) is 2.81. The van der Waals surface area contributed by atoms with E-state index in [1.54, 1.807) is 37.3 Å². The highest BCUT2D eigenvalue weighted by Crippen LogP contribution is 2.33. The minimum atomic E-state index is -3.47. The maximum atomic E-state index is 12.5. The number of carbonyl (C=O) groups excluding carboxylic acids is 1. The van der Waals surface area contributed by atoms with Gasteiger partial charge in [0.15, 0.2) is 6.10 Å². The molecule has 142 valence electrons. The van der Waals surface area contributed by atoms with Gasteiger partial charge in [0.25, 0.3) is 5.91 Å². The van der Waals surface area contributed by atoms with Crippen LogP contribution in [0.2, 0.25) is 0 Å². The van der Waals surface area contributed by atoms with Gasteiger partial charge in [-0.25, -0.2) is 13.4 Å². The molecule has 8 nitrogen and oxygen atoms in total. The van der Waals surface area contributed by atoms with Crippen molar-refractivity contribution in [2.75, 3.05) is 23.7 Å². The Morgan fingerprint density at radius 3 is 2.70 bits per heavy atom. The fraction of sp³-hybridized carbons (Fsp3) is 0.333. The number of pyridine rings is 1. The topological polar surface area (TPSA) is 101 Å². The molecule has 0 saturated carbocycles. The summed E-state index contributed by atoms with van der Waals surface area (Å²) >= 11 is 0. The summed E-state index contributed by atoms with van der Waals surface area (Å²) in [6.07, 6.45) is 2.62. The quantitative estimate of drug-likeness (QED) is 0.834. The van der Waals surface area contributed by atoms with Crippen LogP contribution in [0.25, 0.3) is 0 Å². The number of hydrogen-bond donors (Lipinski definition) is 2. The van der Waals surface area contributed by atoms with Gasteiger partial charge in [-0.05, 0) is 50.1 Å². The van der Waals surface area contributed by atoms with Crippen molar-refractivity contribution in [1.29, 1.82) is 0 Å². The SMILES string of the molecule is C[C@@H]1Oc2ccc(Nc3ccc(S(=O)(=O)N4CCCC4)cn3)cc2NC1=O. The molecule has 0 unspecified atom stereocenters. The zero-order valence-corrected chi connectivity index (χ0v) is 15.6. The number of benzene rings is 1. The average molecular weight is 388 g/mol. The first kappa shape index (κ1) is 17.7. The van der Waals surface area contributed by atoms with Gasteiger partial charge in [-0.1, -0.05) is 0 Å². The molecule has 4 rings (SSSR count). The third kappa shape index (κ3) is 3.47. The number of nitrogens with one attached hydrogen (secondary N) is 2. The maximum absolute atomic E-state index is 12.5. The Bertz CT molecular complexity index is 969. The molecule has 0 spiro atoms. The van der Waals surface area contributed by atoms with Gasteiger partial charge < -0.3 is 15.4 Å². The van der Waals surface area contributed by atoms with Gasteiger partial charge in [0.2, 0.25) is 10.0 Å². The lowest BCUT2D eigenvalue weighted by Gasteiger charge is -2.23. The zero-order valence-electron chi connectivity index (χ0n) is 14.8. The fourth-order valence-electron chi connectivity index (χ4n) is 3.12. The lowest BCUT2D eigenvalue weighted by Crippen LogP contribution is -2.34. The van der Waals surface area contributed by atoms with Crippen molar-refractivity contribution in [2.45, 2.75) is 30.8 Å². The van der Waals surface area contributed by atoms with Crippen molar-refractivity contribution < 1.29 is 17.9 Å². The molecular weight excluding hydrogens is 368 g/mol. The van der Waals surface area contributed by atoms with Crippen molar-refractivity contribution in [3.8, 4) is 5.75 Å². The highest BCUT2D eigenvalue weighted by atomic mass is 32.2. The molecule has 2 aliphatic heterocycles. The second kappa shape index (κ2) is 6.82. The molecule has 0 radical (unpaired) electrons. The van der Waals surface area contributed by atoms with E-state index in [9.17, 15) is 13.2 Å². The molecule has 1 aromatic heterocycles. The molecule has 9 heteroatoms. The first-order valence-corrected chi connectivity index (χ1v) is 10.2. The second-order valence-corrected chi connectivity index (χ2v) is 8.51. The molecule has 2 aliphatic rings. The summed E-state index contributed by atoms with van der Waals surface area (Å²) in [5.74, 6) is 0.911. The molecule has 2 aromatic rings. The molecular formula is C18H20N4O4S. The number of sulfonamides is 1. The van der Waals surface area contributed by atoms with Crippen LogP contribution in [0.1, 0.15) is 19.8 Å². The average Bonchev–Trinajstić information content (AvgIpc) is 3.19. The molecule has 27 heavy (non-hydrogen) atoms. The van der Waals surface area contributed by atoms with Crippen LogP contribution in [-0.4, -0.2) is 42.8 Å².